The molecule has 2 saturated carbocycles. The van der Waals surface area contributed by atoms with Gasteiger partial charge < -0.3 is 0 Å². The van der Waals surface area contributed by atoms with Crippen molar-refractivity contribution in [3.63, 3.8) is 0 Å². The molecule has 2 fully saturated rings. The molecule has 0 N–H and O–H groups in total. The molecule has 0 atom stereocenters. The Kier molecular flexibility index (Phi) is 359. The highest BCUT2D eigenvalue weighted by molar-refractivity contribution is 4.51. The zero-order chi connectivity index (χ0) is 21.7. The van der Waals surface area contributed by atoms with Gasteiger partial charge in [-0.3, -0.25) is 0 Å². The lowest BCUT2D eigenvalue weighted by Crippen LogP contribution is -1.85. The maximum Gasteiger partial charge on any atom is -0.0533 e. The molecular formula is C24H64. The lowest BCUT2D eigenvalue weighted by Gasteiger charge is -2.05. The molecule has 0 spiro atoms. The van der Waals surface area contributed by atoms with Crippen molar-refractivity contribution in [3.05, 3.63) is 0 Å². The second-order valence-corrected chi connectivity index (χ2v) is 3.18. The highest BCUT2D eigenvalue weighted by Crippen LogP contribution is 2.15. The third kappa shape index (κ3) is 388. The summed E-state index contributed by atoms with van der Waals surface area (Å²) in [5, 5.41) is 0. The third-order valence-electron chi connectivity index (χ3n) is 1.35. The minimum Gasteiger partial charge on any atom is -0.0683 e. The molecular weight excluding hydrogens is 288 g/mol. The molecule has 2 aliphatic carbocycles. The average molecular weight is 353 g/mol. The Morgan fingerprint density at radius 3 is 0.333 bits per heavy atom. The topological polar surface area (TPSA) is 0 Å². The standard InChI is InChI=1S/C4H8.C3H6.C3H8.7C2H6/c1-2-4-3-1;1-2-3-1;1-3-2;7*1-2/h1-4H2;1-3H2;3H2,1-2H3;7*1-2H3. The number of hydrogen-bond acceptors (Lipinski definition) is 0. The summed E-state index contributed by atoms with van der Waals surface area (Å²) in [6.07, 6.45) is 11.8. The monoisotopic (exact) mass is 353 g/mol. The van der Waals surface area contributed by atoms with Crippen LogP contribution in [0.5, 0.6) is 0 Å². The second kappa shape index (κ2) is 174. The maximum atomic E-state index is 2.12. The van der Waals surface area contributed by atoms with E-state index in [0.29, 0.717) is 0 Å². The lowest BCUT2D eigenvalue weighted by atomic mass is 10.0. The number of hydrogen-bond donors (Lipinski definition) is 0. The molecule has 2 aliphatic rings. The van der Waals surface area contributed by atoms with Gasteiger partial charge in [0.2, 0.25) is 0 Å². The van der Waals surface area contributed by atoms with Crippen LogP contribution in [-0.4, -0.2) is 0 Å². The Morgan fingerprint density at radius 2 is 0.333 bits per heavy atom. The van der Waals surface area contributed by atoms with Crippen molar-refractivity contribution < 1.29 is 0 Å². The van der Waals surface area contributed by atoms with Gasteiger partial charge in [0, 0.05) is 0 Å². The zero-order valence-corrected chi connectivity index (χ0v) is 21.7. The normalized spacial score (nSPS) is 9.50. The summed E-state index contributed by atoms with van der Waals surface area (Å²) in [4.78, 5) is 0. The lowest BCUT2D eigenvalue weighted by molar-refractivity contribution is 0.504. The van der Waals surface area contributed by atoms with Crippen molar-refractivity contribution in [1.82, 2.24) is 0 Å². The van der Waals surface area contributed by atoms with E-state index < -0.39 is 0 Å². The van der Waals surface area contributed by atoms with Gasteiger partial charge >= 0.3 is 0 Å². The molecule has 2 rings (SSSR count). The van der Waals surface area contributed by atoms with Gasteiger partial charge in [-0.1, -0.05) is 162 Å². The van der Waals surface area contributed by atoms with Crippen LogP contribution in [0.1, 0.15) is 162 Å². The summed E-state index contributed by atoms with van der Waals surface area (Å²) in [6, 6.07) is 0. The third-order valence-corrected chi connectivity index (χ3v) is 1.35. The minimum atomic E-state index is 1.25. The van der Waals surface area contributed by atoms with Crippen LogP contribution in [0.25, 0.3) is 0 Å². The van der Waals surface area contributed by atoms with Crippen LogP contribution in [0.4, 0.5) is 0 Å². The van der Waals surface area contributed by atoms with Crippen LogP contribution in [0, 0.1) is 0 Å². The Morgan fingerprint density at radius 1 is 0.292 bits per heavy atom. The van der Waals surface area contributed by atoms with E-state index >= 15 is 0 Å². The molecule has 0 aromatic carbocycles. The first-order chi connectivity index (χ1) is 11.9. The summed E-state index contributed by atoms with van der Waals surface area (Å²) in [6.45, 7) is 32.2. The second-order valence-electron chi connectivity index (χ2n) is 3.18. The van der Waals surface area contributed by atoms with Gasteiger partial charge in [-0.15, -0.1) is 0 Å². The van der Waals surface area contributed by atoms with E-state index in [1.54, 1.807) is 0 Å². The first kappa shape index (κ1) is 49.6. The van der Waals surface area contributed by atoms with E-state index in [-0.39, 0.29) is 0 Å². The Bertz CT molecular complexity index is 35.2. The van der Waals surface area contributed by atoms with E-state index in [1.807, 2.05) is 96.9 Å². The van der Waals surface area contributed by atoms with Gasteiger partial charge in [0.15, 0.2) is 0 Å². The van der Waals surface area contributed by atoms with Crippen LogP contribution in [-0.2, 0) is 0 Å². The largest absolute Gasteiger partial charge is 0.0683 e. The number of rotatable bonds is 0. The van der Waals surface area contributed by atoms with Gasteiger partial charge in [-0.25, -0.2) is 0 Å². The fraction of sp³-hybridized carbons (Fsp3) is 1.00. The predicted octanol–water partition coefficient (Wildman–Crippen LogP) is 11.3. The Hall–Kier alpha value is 0. The molecule has 0 heterocycles. The van der Waals surface area contributed by atoms with Crippen LogP contribution in [0.3, 0.4) is 0 Å². The van der Waals surface area contributed by atoms with E-state index in [0.717, 1.165) is 0 Å². The van der Waals surface area contributed by atoms with Crippen LogP contribution in [0.2, 0.25) is 0 Å². The van der Waals surface area contributed by atoms with Crippen molar-refractivity contribution in [3.8, 4) is 0 Å². The molecule has 24 heavy (non-hydrogen) atoms. The first-order valence-electron chi connectivity index (χ1n) is 11.9. The van der Waals surface area contributed by atoms with E-state index in [4.69, 9.17) is 0 Å². The Balaban J connectivity index is -0.0000000202. The van der Waals surface area contributed by atoms with Crippen LogP contribution < -0.4 is 0 Å². The summed E-state index contributed by atoms with van der Waals surface area (Å²) < 4.78 is 0. The van der Waals surface area contributed by atoms with Gasteiger partial charge in [0.05, 0.1) is 0 Å². The summed E-state index contributed by atoms with van der Waals surface area (Å²) in [5.41, 5.74) is 0. The molecule has 0 bridgehead atoms. The molecule has 0 aromatic heterocycles. The Labute approximate surface area is 162 Å². The quantitative estimate of drug-likeness (QED) is 0.406. The molecule has 0 aromatic rings. The van der Waals surface area contributed by atoms with Gasteiger partial charge in [-0.05, 0) is 0 Å². The molecule has 0 saturated heterocycles. The molecule has 0 nitrogen and oxygen atoms in total. The maximum absolute atomic E-state index is 2.12. The molecule has 0 aliphatic heterocycles. The molecule has 0 amide bonds. The fourth-order valence-corrected chi connectivity index (χ4v) is 0.250. The van der Waals surface area contributed by atoms with Crippen LogP contribution in [0.15, 0.2) is 0 Å². The van der Waals surface area contributed by atoms with Crippen molar-refractivity contribution in [2.45, 2.75) is 162 Å². The van der Waals surface area contributed by atoms with E-state index in [1.165, 1.54) is 51.4 Å². The van der Waals surface area contributed by atoms with Crippen molar-refractivity contribution >= 4 is 0 Å². The summed E-state index contributed by atoms with van der Waals surface area (Å²) in [7, 11) is 0. The molecule has 0 heteroatoms. The molecule has 0 radical (unpaired) electrons. The minimum absolute atomic E-state index is 1.25. The highest BCUT2D eigenvalue weighted by Gasteiger charge is 1.95. The van der Waals surface area contributed by atoms with Crippen molar-refractivity contribution in [2.75, 3.05) is 0 Å². The van der Waals surface area contributed by atoms with Gasteiger partial charge in [0.1, 0.15) is 0 Å². The van der Waals surface area contributed by atoms with Crippen molar-refractivity contribution in [2.24, 2.45) is 0 Å². The van der Waals surface area contributed by atoms with Crippen molar-refractivity contribution in [1.29, 1.82) is 0 Å². The fourth-order valence-electron chi connectivity index (χ4n) is 0.250. The summed E-state index contributed by atoms with van der Waals surface area (Å²) >= 11 is 0. The van der Waals surface area contributed by atoms with Gasteiger partial charge in [-0.2, -0.15) is 0 Å². The van der Waals surface area contributed by atoms with Crippen LogP contribution >= 0.6 is 0 Å². The summed E-state index contributed by atoms with van der Waals surface area (Å²) in [5.74, 6) is 0. The first-order valence-corrected chi connectivity index (χ1v) is 11.9. The molecule has 0 unspecified atom stereocenters. The SMILES string of the molecule is C1CC1.C1CCC1.CC.CC.CC.CC.CC.CC.CC.CCC. The smallest absolute Gasteiger partial charge is 0.0533 e. The zero-order valence-electron chi connectivity index (χ0n) is 21.7. The highest BCUT2D eigenvalue weighted by atomic mass is 14.0. The van der Waals surface area contributed by atoms with E-state index in [2.05, 4.69) is 13.8 Å². The molecule has 160 valence electrons. The van der Waals surface area contributed by atoms with Gasteiger partial charge in [0.25, 0.3) is 0 Å². The van der Waals surface area contributed by atoms with E-state index in [9.17, 15) is 0 Å². The average Bonchev–Trinajstić information content (AvgIpc) is 3.55. The predicted molar refractivity (Wildman–Crippen MR) is 128 cm³/mol.